The zero-order valence-electron chi connectivity index (χ0n) is 28.8. The van der Waals surface area contributed by atoms with Crippen molar-refractivity contribution >= 4 is 22.7 Å². The molecule has 260 valence electrons. The number of tetrazole rings is 1. The van der Waals surface area contributed by atoms with E-state index in [9.17, 15) is 4.79 Å². The van der Waals surface area contributed by atoms with Crippen molar-refractivity contribution in [2.45, 2.75) is 19.4 Å². The molecule has 2 aromatic heterocycles. The number of carbonyl (C=O) groups excluding carboxylic acids is 1. The normalized spacial score (nSPS) is 12.6. The predicted molar refractivity (Wildman–Crippen MR) is 191 cm³/mol. The Hall–Kier alpha value is -6.21. The van der Waals surface area contributed by atoms with Crippen LogP contribution in [-0.2, 0) is 19.4 Å². The summed E-state index contributed by atoms with van der Waals surface area (Å²) in [4.78, 5) is 21.3. The van der Waals surface area contributed by atoms with Gasteiger partial charge in [0.25, 0.3) is 0 Å². The molecule has 0 atom stereocenters. The molecule has 0 fully saturated rings. The summed E-state index contributed by atoms with van der Waals surface area (Å²) in [6.45, 7) is 2.77. The lowest BCUT2D eigenvalue weighted by Gasteiger charge is -2.29. The molecule has 13 nitrogen and oxygen atoms in total. The third kappa shape index (κ3) is 7.24. The topological polar surface area (TPSA) is 135 Å². The molecule has 0 radical (unpaired) electrons. The lowest BCUT2D eigenvalue weighted by atomic mass is 9.98. The predicted octanol–water partition coefficient (Wildman–Crippen LogP) is 6.12. The van der Waals surface area contributed by atoms with Crippen molar-refractivity contribution in [2.75, 3.05) is 46.8 Å². The first-order valence-electron chi connectivity index (χ1n) is 16.4. The number of nitrogens with zero attached hydrogens (tertiary/aromatic N) is 6. The average molecular weight is 688 g/mol. The molecule has 51 heavy (non-hydrogen) atoms. The number of ether oxygens (including phenoxy) is 5. The van der Waals surface area contributed by atoms with Crippen LogP contribution in [0.15, 0.2) is 85.1 Å². The Kier molecular flexibility index (Phi) is 9.61. The summed E-state index contributed by atoms with van der Waals surface area (Å²) in [5.74, 6) is 2.93. The van der Waals surface area contributed by atoms with Gasteiger partial charge in [-0.05, 0) is 77.2 Å². The first kappa shape index (κ1) is 33.3. The van der Waals surface area contributed by atoms with Gasteiger partial charge in [0.05, 0.1) is 57.1 Å². The first-order chi connectivity index (χ1) is 24.9. The maximum Gasteiger partial charge on any atom is 0.417 e. The van der Waals surface area contributed by atoms with E-state index in [1.807, 2.05) is 36.4 Å². The molecule has 0 aliphatic carbocycles. The Balaban J connectivity index is 1.04. The van der Waals surface area contributed by atoms with E-state index in [0.717, 1.165) is 60.6 Å². The van der Waals surface area contributed by atoms with Gasteiger partial charge in [0.2, 0.25) is 5.82 Å². The number of para-hydroxylation sites is 1. The van der Waals surface area contributed by atoms with Gasteiger partial charge in [-0.2, -0.15) is 0 Å². The highest BCUT2D eigenvalue weighted by atomic mass is 16.6. The Morgan fingerprint density at radius 1 is 0.824 bits per heavy atom. The molecule has 0 saturated carbocycles. The van der Waals surface area contributed by atoms with Gasteiger partial charge in [-0.25, -0.2) is 4.79 Å². The fourth-order valence-electron chi connectivity index (χ4n) is 6.16. The molecule has 1 N–H and O–H groups in total. The van der Waals surface area contributed by atoms with E-state index in [1.54, 1.807) is 32.4 Å². The van der Waals surface area contributed by atoms with Gasteiger partial charge in [0.1, 0.15) is 0 Å². The number of hydrogen-bond acceptors (Lipinski definition) is 11. The number of carbonyl (C=O) groups is 1. The molecule has 1 aliphatic heterocycles. The average Bonchev–Trinajstić information content (AvgIpc) is 3.66. The summed E-state index contributed by atoms with van der Waals surface area (Å²) in [6, 6.07) is 24.9. The number of nitrogens with one attached hydrogen (secondary N) is 1. The quantitative estimate of drug-likeness (QED) is 0.169. The Bertz CT molecular complexity index is 2190. The molecule has 0 bridgehead atoms. The molecular formula is C38H37N7O6. The fourth-order valence-corrected chi connectivity index (χ4v) is 6.16. The molecule has 13 heteroatoms. The van der Waals surface area contributed by atoms with Crippen LogP contribution in [0.4, 0.5) is 10.5 Å². The van der Waals surface area contributed by atoms with Crippen molar-refractivity contribution in [1.29, 1.82) is 0 Å². The fraction of sp³-hybridized carbons (Fsp3) is 0.237. The van der Waals surface area contributed by atoms with Crippen molar-refractivity contribution in [1.82, 2.24) is 30.1 Å². The SMILES string of the molecule is COc1cc2c(cc1OC)CN(CCc1ccc(-n3nnc(-c4cc(OC)c(OC)cc4NC(=O)Oc4cnc5ccccc5c4)n3)cc1)CC2. The smallest absolute Gasteiger partial charge is 0.417 e. The summed E-state index contributed by atoms with van der Waals surface area (Å²) < 4.78 is 27.6. The van der Waals surface area contributed by atoms with Gasteiger partial charge in [-0.3, -0.25) is 15.2 Å². The molecule has 0 saturated heterocycles. The number of aromatic nitrogens is 5. The van der Waals surface area contributed by atoms with Crippen LogP contribution in [0, 0.1) is 0 Å². The minimum Gasteiger partial charge on any atom is -0.493 e. The van der Waals surface area contributed by atoms with E-state index in [0.29, 0.717) is 28.5 Å². The zero-order chi connectivity index (χ0) is 35.3. The van der Waals surface area contributed by atoms with Crippen LogP contribution in [0.25, 0.3) is 28.0 Å². The second-order valence-corrected chi connectivity index (χ2v) is 12.0. The van der Waals surface area contributed by atoms with Crippen molar-refractivity contribution < 1.29 is 28.5 Å². The third-order valence-electron chi connectivity index (χ3n) is 8.87. The standard InChI is InChI=1S/C38H37N7O6/c1-47-33-18-25-14-16-44(23-27(25)19-34(33)48-2)15-13-24-9-11-28(12-10-24)45-42-37(41-43-45)30-20-35(49-3)36(50-4)21-32(30)40-38(46)51-29-17-26-7-5-6-8-31(26)39-22-29/h5-12,17-22H,13-16,23H2,1-4H3,(H,40,46). The van der Waals surface area contributed by atoms with Crippen molar-refractivity contribution in [3.05, 3.63) is 102 Å². The molecule has 3 heterocycles. The minimum atomic E-state index is -0.725. The van der Waals surface area contributed by atoms with Crippen molar-refractivity contribution in [3.8, 4) is 45.8 Å². The molecule has 1 amide bonds. The van der Waals surface area contributed by atoms with Crippen LogP contribution in [0.5, 0.6) is 28.7 Å². The summed E-state index contributed by atoms with van der Waals surface area (Å²) in [5, 5.41) is 16.9. The van der Waals surface area contributed by atoms with E-state index < -0.39 is 6.09 Å². The highest BCUT2D eigenvalue weighted by molar-refractivity contribution is 5.93. The Labute approximate surface area is 294 Å². The van der Waals surface area contributed by atoms with Crippen LogP contribution in [0.3, 0.4) is 0 Å². The van der Waals surface area contributed by atoms with E-state index >= 15 is 0 Å². The molecular weight excluding hydrogens is 650 g/mol. The van der Waals surface area contributed by atoms with E-state index in [1.165, 1.54) is 41.9 Å². The lowest BCUT2D eigenvalue weighted by Crippen LogP contribution is -2.32. The molecule has 0 unspecified atom stereocenters. The van der Waals surface area contributed by atoms with E-state index in [4.69, 9.17) is 23.7 Å². The van der Waals surface area contributed by atoms with Gasteiger partial charge in [-0.1, -0.05) is 30.3 Å². The molecule has 4 aromatic carbocycles. The molecule has 1 aliphatic rings. The monoisotopic (exact) mass is 687 g/mol. The molecule has 7 rings (SSSR count). The minimum absolute atomic E-state index is 0.266. The van der Waals surface area contributed by atoms with Gasteiger partial charge in [-0.15, -0.1) is 15.0 Å². The summed E-state index contributed by atoms with van der Waals surface area (Å²) in [7, 11) is 6.38. The molecule has 6 aromatic rings. The number of benzene rings is 4. The number of pyridine rings is 1. The summed E-state index contributed by atoms with van der Waals surface area (Å²) in [5.41, 5.74) is 6.12. The van der Waals surface area contributed by atoms with Gasteiger partial charge < -0.3 is 23.7 Å². The third-order valence-corrected chi connectivity index (χ3v) is 8.87. The first-order valence-corrected chi connectivity index (χ1v) is 16.4. The number of rotatable bonds is 11. The number of methoxy groups -OCH3 is 4. The van der Waals surface area contributed by atoms with Crippen LogP contribution in [0.1, 0.15) is 16.7 Å². The van der Waals surface area contributed by atoms with E-state index in [-0.39, 0.29) is 5.82 Å². The number of hydrogen-bond donors (Lipinski definition) is 1. The zero-order valence-corrected chi connectivity index (χ0v) is 28.8. The van der Waals surface area contributed by atoms with Crippen LogP contribution >= 0.6 is 0 Å². The van der Waals surface area contributed by atoms with Gasteiger partial charge >= 0.3 is 6.09 Å². The van der Waals surface area contributed by atoms with E-state index in [2.05, 4.69) is 54.9 Å². The largest absolute Gasteiger partial charge is 0.493 e. The number of fused-ring (bicyclic) bond motifs is 2. The Morgan fingerprint density at radius 3 is 2.29 bits per heavy atom. The van der Waals surface area contributed by atoms with Gasteiger partial charge in [0.15, 0.2) is 28.7 Å². The van der Waals surface area contributed by atoms with Crippen LogP contribution in [0.2, 0.25) is 0 Å². The molecule has 0 spiro atoms. The Morgan fingerprint density at radius 2 is 1.53 bits per heavy atom. The summed E-state index contributed by atoms with van der Waals surface area (Å²) in [6.07, 6.45) is 2.63. The lowest BCUT2D eigenvalue weighted by molar-refractivity contribution is 0.215. The highest BCUT2D eigenvalue weighted by Crippen LogP contribution is 2.38. The summed E-state index contributed by atoms with van der Waals surface area (Å²) >= 11 is 0. The van der Waals surface area contributed by atoms with Crippen LogP contribution in [-0.4, -0.2) is 77.7 Å². The van der Waals surface area contributed by atoms with Gasteiger partial charge in [0, 0.05) is 31.1 Å². The van der Waals surface area contributed by atoms with Crippen molar-refractivity contribution in [2.24, 2.45) is 0 Å². The second-order valence-electron chi connectivity index (χ2n) is 12.0. The van der Waals surface area contributed by atoms with Crippen molar-refractivity contribution in [3.63, 3.8) is 0 Å². The number of anilines is 1. The van der Waals surface area contributed by atoms with Crippen LogP contribution < -0.4 is 29.0 Å². The number of amides is 1. The second kappa shape index (κ2) is 14.7. The maximum atomic E-state index is 13.1. The maximum absolute atomic E-state index is 13.1. The highest BCUT2D eigenvalue weighted by Gasteiger charge is 2.21.